The van der Waals surface area contributed by atoms with Crippen LogP contribution in [0.5, 0.6) is 11.5 Å². The molecule has 0 saturated heterocycles. The largest absolute Gasteiger partial charge is 0.493 e. The number of hydrogen-bond donors (Lipinski definition) is 1. The fraction of sp³-hybridized carbons (Fsp3) is 0.474. The van der Waals surface area contributed by atoms with Crippen LogP contribution in [0.1, 0.15) is 41.9 Å². The van der Waals surface area contributed by atoms with E-state index in [1.54, 1.807) is 14.2 Å². The Hall–Kier alpha value is -2.50. The molecule has 1 N–H and O–H groups in total. The SMILES string of the molecule is COc1ccc(C(C)NC(=O)CCc2c(C)nn(C)c2C)cc1OC. The highest BCUT2D eigenvalue weighted by Crippen LogP contribution is 2.29. The molecule has 0 aliphatic rings. The lowest BCUT2D eigenvalue weighted by molar-refractivity contribution is -0.121. The molecule has 0 spiro atoms. The molecule has 6 nitrogen and oxygen atoms in total. The normalized spacial score (nSPS) is 11.9. The Labute approximate surface area is 149 Å². The number of carbonyl (C=O) groups excluding carboxylic acids is 1. The zero-order chi connectivity index (χ0) is 18.6. The summed E-state index contributed by atoms with van der Waals surface area (Å²) in [5.74, 6) is 1.35. The molecule has 1 aromatic heterocycles. The molecule has 6 heteroatoms. The van der Waals surface area contributed by atoms with E-state index in [4.69, 9.17) is 9.47 Å². The van der Waals surface area contributed by atoms with Gasteiger partial charge in [0.2, 0.25) is 5.91 Å². The molecule has 1 aromatic carbocycles. The Morgan fingerprint density at radius 3 is 2.48 bits per heavy atom. The van der Waals surface area contributed by atoms with Gasteiger partial charge in [-0.05, 0) is 50.5 Å². The predicted molar refractivity (Wildman–Crippen MR) is 97.1 cm³/mol. The first kappa shape index (κ1) is 18.8. The van der Waals surface area contributed by atoms with Gasteiger partial charge in [0.15, 0.2) is 11.5 Å². The molecule has 1 amide bonds. The van der Waals surface area contributed by atoms with Crippen LogP contribution < -0.4 is 14.8 Å². The monoisotopic (exact) mass is 345 g/mol. The van der Waals surface area contributed by atoms with Crippen LogP contribution in [0.3, 0.4) is 0 Å². The van der Waals surface area contributed by atoms with Gasteiger partial charge in [-0.3, -0.25) is 9.48 Å². The Kier molecular flexibility index (Phi) is 6.07. The first-order valence-corrected chi connectivity index (χ1v) is 8.37. The number of rotatable bonds is 7. The number of methoxy groups -OCH3 is 2. The third-order valence-electron chi connectivity index (χ3n) is 4.55. The van der Waals surface area contributed by atoms with Crippen molar-refractivity contribution in [1.82, 2.24) is 15.1 Å². The van der Waals surface area contributed by atoms with Crippen molar-refractivity contribution in [2.75, 3.05) is 14.2 Å². The van der Waals surface area contributed by atoms with Crippen molar-refractivity contribution < 1.29 is 14.3 Å². The first-order valence-electron chi connectivity index (χ1n) is 8.37. The number of aryl methyl sites for hydroxylation is 2. The molecule has 0 fully saturated rings. The van der Waals surface area contributed by atoms with Crippen LogP contribution in [0.2, 0.25) is 0 Å². The molecule has 136 valence electrons. The van der Waals surface area contributed by atoms with E-state index in [0.29, 0.717) is 24.3 Å². The summed E-state index contributed by atoms with van der Waals surface area (Å²) in [6, 6.07) is 5.56. The van der Waals surface area contributed by atoms with Gasteiger partial charge in [0.05, 0.1) is 26.0 Å². The summed E-state index contributed by atoms with van der Waals surface area (Å²) in [5.41, 5.74) is 4.22. The number of ether oxygens (including phenoxy) is 2. The Morgan fingerprint density at radius 2 is 1.92 bits per heavy atom. The van der Waals surface area contributed by atoms with Crippen LogP contribution in [0, 0.1) is 13.8 Å². The van der Waals surface area contributed by atoms with E-state index in [1.165, 1.54) is 0 Å². The number of hydrogen-bond acceptors (Lipinski definition) is 4. The van der Waals surface area contributed by atoms with Gasteiger partial charge in [-0.25, -0.2) is 0 Å². The molecule has 2 rings (SSSR count). The average Bonchev–Trinajstić information content (AvgIpc) is 2.84. The third-order valence-corrected chi connectivity index (χ3v) is 4.55. The highest BCUT2D eigenvalue weighted by molar-refractivity contribution is 5.76. The lowest BCUT2D eigenvalue weighted by atomic mass is 10.1. The van der Waals surface area contributed by atoms with Crippen molar-refractivity contribution in [2.24, 2.45) is 7.05 Å². The zero-order valence-electron chi connectivity index (χ0n) is 15.8. The summed E-state index contributed by atoms with van der Waals surface area (Å²) in [6.45, 7) is 5.96. The van der Waals surface area contributed by atoms with E-state index in [2.05, 4.69) is 10.4 Å². The molecule has 0 aliphatic carbocycles. The standard InChI is InChI=1S/C19H27N3O3/c1-12(15-7-9-17(24-5)18(11-15)25-6)20-19(23)10-8-16-13(2)21-22(4)14(16)3/h7,9,11-12H,8,10H2,1-6H3,(H,20,23). The maximum absolute atomic E-state index is 12.3. The molecule has 1 heterocycles. The second-order valence-corrected chi connectivity index (χ2v) is 6.18. The van der Waals surface area contributed by atoms with Crippen molar-refractivity contribution >= 4 is 5.91 Å². The summed E-state index contributed by atoms with van der Waals surface area (Å²) in [6.07, 6.45) is 1.13. The number of nitrogens with one attached hydrogen (secondary N) is 1. The number of nitrogens with zero attached hydrogens (tertiary/aromatic N) is 2. The molecular weight excluding hydrogens is 318 g/mol. The average molecular weight is 345 g/mol. The van der Waals surface area contributed by atoms with E-state index < -0.39 is 0 Å². The number of benzene rings is 1. The number of amides is 1. The van der Waals surface area contributed by atoms with E-state index in [1.807, 2.05) is 50.7 Å². The maximum Gasteiger partial charge on any atom is 0.220 e. The van der Waals surface area contributed by atoms with Gasteiger partial charge in [-0.15, -0.1) is 0 Å². The highest BCUT2D eigenvalue weighted by atomic mass is 16.5. The van der Waals surface area contributed by atoms with Crippen molar-refractivity contribution in [3.63, 3.8) is 0 Å². The number of aromatic nitrogens is 2. The second kappa shape index (κ2) is 8.05. The number of carbonyl (C=O) groups is 1. The molecule has 1 atom stereocenters. The minimum atomic E-state index is -0.108. The lowest BCUT2D eigenvalue weighted by Gasteiger charge is -2.16. The molecule has 0 aliphatic heterocycles. The predicted octanol–water partition coefficient (Wildman–Crippen LogP) is 2.86. The summed E-state index contributed by atoms with van der Waals surface area (Å²) in [4.78, 5) is 12.3. The van der Waals surface area contributed by atoms with E-state index in [0.717, 1.165) is 22.5 Å². The lowest BCUT2D eigenvalue weighted by Crippen LogP contribution is -2.27. The van der Waals surface area contributed by atoms with Gasteiger partial charge in [0.25, 0.3) is 0 Å². The molecule has 0 bridgehead atoms. The Balaban J connectivity index is 1.98. The molecule has 0 saturated carbocycles. The molecule has 2 aromatic rings. The minimum Gasteiger partial charge on any atom is -0.493 e. The van der Waals surface area contributed by atoms with Crippen LogP contribution >= 0.6 is 0 Å². The van der Waals surface area contributed by atoms with Crippen LogP contribution in [-0.2, 0) is 18.3 Å². The van der Waals surface area contributed by atoms with Crippen LogP contribution in [0.25, 0.3) is 0 Å². The fourth-order valence-corrected chi connectivity index (χ4v) is 2.94. The van der Waals surface area contributed by atoms with Gasteiger partial charge < -0.3 is 14.8 Å². The quantitative estimate of drug-likeness (QED) is 0.838. The third kappa shape index (κ3) is 4.32. The zero-order valence-corrected chi connectivity index (χ0v) is 15.8. The van der Waals surface area contributed by atoms with Crippen molar-refractivity contribution in [3.8, 4) is 11.5 Å². The van der Waals surface area contributed by atoms with Crippen LogP contribution in [-0.4, -0.2) is 29.9 Å². The van der Waals surface area contributed by atoms with Gasteiger partial charge in [0.1, 0.15) is 0 Å². The highest BCUT2D eigenvalue weighted by Gasteiger charge is 2.15. The molecular formula is C19H27N3O3. The van der Waals surface area contributed by atoms with E-state index >= 15 is 0 Å². The molecule has 25 heavy (non-hydrogen) atoms. The maximum atomic E-state index is 12.3. The summed E-state index contributed by atoms with van der Waals surface area (Å²) in [7, 11) is 5.12. The molecule has 0 radical (unpaired) electrons. The first-order chi connectivity index (χ1) is 11.9. The van der Waals surface area contributed by atoms with Gasteiger partial charge >= 0.3 is 0 Å². The van der Waals surface area contributed by atoms with Gasteiger partial charge in [-0.2, -0.15) is 5.10 Å². The molecule has 1 unspecified atom stereocenters. The van der Waals surface area contributed by atoms with Crippen LogP contribution in [0.4, 0.5) is 0 Å². The second-order valence-electron chi connectivity index (χ2n) is 6.18. The van der Waals surface area contributed by atoms with E-state index in [-0.39, 0.29) is 11.9 Å². The van der Waals surface area contributed by atoms with Crippen LogP contribution in [0.15, 0.2) is 18.2 Å². The fourth-order valence-electron chi connectivity index (χ4n) is 2.94. The van der Waals surface area contributed by atoms with Crippen molar-refractivity contribution in [2.45, 2.75) is 39.7 Å². The topological polar surface area (TPSA) is 65.4 Å². The van der Waals surface area contributed by atoms with Crippen molar-refractivity contribution in [1.29, 1.82) is 0 Å². The van der Waals surface area contributed by atoms with Crippen molar-refractivity contribution in [3.05, 3.63) is 40.7 Å². The Morgan fingerprint density at radius 1 is 1.24 bits per heavy atom. The summed E-state index contributed by atoms with van der Waals surface area (Å²) >= 11 is 0. The summed E-state index contributed by atoms with van der Waals surface area (Å²) in [5, 5.41) is 7.43. The smallest absolute Gasteiger partial charge is 0.220 e. The van der Waals surface area contributed by atoms with Gasteiger partial charge in [0, 0.05) is 19.2 Å². The Bertz CT molecular complexity index is 753. The van der Waals surface area contributed by atoms with Gasteiger partial charge in [-0.1, -0.05) is 6.07 Å². The minimum absolute atomic E-state index is 0.0185. The summed E-state index contributed by atoms with van der Waals surface area (Å²) < 4.78 is 12.4. The van der Waals surface area contributed by atoms with E-state index in [9.17, 15) is 4.79 Å².